The second-order valence-corrected chi connectivity index (χ2v) is 6.24. The molecule has 0 atom stereocenters. The Labute approximate surface area is 123 Å². The number of rotatable bonds is 7. The lowest BCUT2D eigenvalue weighted by molar-refractivity contribution is 0.413. The first-order chi connectivity index (χ1) is 8.92. The standard InChI is InChI=1S/C10H16Cl2N4O2S/c1-3-5-16(6-4-2)19(17,18)15-10-8(11)9(12)13-7-14-10/h7H,3-6H2,1-2H3,(H,13,14,15). The summed E-state index contributed by atoms with van der Waals surface area (Å²) in [5.74, 6) is -0.0149. The molecule has 1 N–H and O–H groups in total. The molecule has 0 radical (unpaired) electrons. The average molecular weight is 327 g/mol. The van der Waals surface area contributed by atoms with Gasteiger partial charge in [0, 0.05) is 13.1 Å². The molecule has 1 aromatic rings. The van der Waals surface area contributed by atoms with Crippen molar-refractivity contribution in [1.82, 2.24) is 14.3 Å². The smallest absolute Gasteiger partial charge is 0.253 e. The van der Waals surface area contributed by atoms with Crippen molar-refractivity contribution in [3.05, 3.63) is 16.5 Å². The fourth-order valence-electron chi connectivity index (χ4n) is 1.46. The molecule has 0 saturated carbocycles. The Balaban J connectivity index is 2.97. The number of nitrogens with one attached hydrogen (secondary N) is 1. The summed E-state index contributed by atoms with van der Waals surface area (Å²) in [5, 5.41) is -0.00686. The van der Waals surface area contributed by atoms with Crippen molar-refractivity contribution in [2.75, 3.05) is 17.8 Å². The first-order valence-corrected chi connectivity index (χ1v) is 8.05. The SMILES string of the molecule is CCCN(CCC)S(=O)(=O)Nc1ncnc(Cl)c1Cl. The van der Waals surface area contributed by atoms with Crippen LogP contribution in [0.25, 0.3) is 0 Å². The molecule has 0 unspecified atom stereocenters. The maximum atomic E-state index is 12.2. The highest BCUT2D eigenvalue weighted by Gasteiger charge is 2.22. The topological polar surface area (TPSA) is 75.2 Å². The van der Waals surface area contributed by atoms with Gasteiger partial charge in [-0.15, -0.1) is 0 Å². The molecule has 0 aliphatic carbocycles. The second kappa shape index (κ2) is 7.23. The molecule has 19 heavy (non-hydrogen) atoms. The number of nitrogens with zero attached hydrogens (tertiary/aromatic N) is 3. The van der Waals surface area contributed by atoms with Crippen LogP contribution in [0, 0.1) is 0 Å². The summed E-state index contributed by atoms with van der Waals surface area (Å²) < 4.78 is 28.1. The Morgan fingerprint density at radius 1 is 1.21 bits per heavy atom. The molecule has 6 nitrogen and oxygen atoms in total. The average Bonchev–Trinajstić information content (AvgIpc) is 2.34. The summed E-state index contributed by atoms with van der Waals surface area (Å²) in [6.07, 6.45) is 2.59. The van der Waals surface area contributed by atoms with Gasteiger partial charge in [0.1, 0.15) is 11.3 Å². The van der Waals surface area contributed by atoms with Crippen LogP contribution < -0.4 is 4.72 Å². The maximum absolute atomic E-state index is 12.2. The van der Waals surface area contributed by atoms with Gasteiger partial charge in [0.2, 0.25) is 0 Å². The minimum Gasteiger partial charge on any atom is -0.253 e. The molecule has 1 aromatic heterocycles. The highest BCUT2D eigenvalue weighted by Crippen LogP contribution is 2.26. The molecular weight excluding hydrogens is 311 g/mol. The summed E-state index contributed by atoms with van der Waals surface area (Å²) in [6.45, 7) is 4.68. The van der Waals surface area contributed by atoms with Crippen LogP contribution in [0.1, 0.15) is 26.7 Å². The van der Waals surface area contributed by atoms with Crippen molar-refractivity contribution in [3.63, 3.8) is 0 Å². The predicted molar refractivity (Wildman–Crippen MR) is 76.7 cm³/mol. The van der Waals surface area contributed by atoms with Crippen molar-refractivity contribution in [3.8, 4) is 0 Å². The van der Waals surface area contributed by atoms with E-state index in [9.17, 15) is 8.42 Å². The van der Waals surface area contributed by atoms with Crippen LogP contribution in [-0.4, -0.2) is 35.8 Å². The summed E-state index contributed by atoms with van der Waals surface area (Å²) in [7, 11) is -3.69. The van der Waals surface area contributed by atoms with E-state index in [2.05, 4.69) is 14.7 Å². The largest absolute Gasteiger partial charge is 0.302 e. The van der Waals surface area contributed by atoms with E-state index in [0.29, 0.717) is 13.1 Å². The molecule has 0 aliphatic heterocycles. The fraction of sp³-hybridized carbons (Fsp3) is 0.600. The molecule has 0 aromatic carbocycles. The third-order valence-corrected chi connectivity index (χ3v) is 4.50. The Bertz CT molecular complexity index is 518. The molecule has 0 saturated heterocycles. The van der Waals surface area contributed by atoms with Gasteiger partial charge in [-0.25, -0.2) is 9.97 Å². The van der Waals surface area contributed by atoms with Crippen molar-refractivity contribution in [2.24, 2.45) is 0 Å². The molecular formula is C10H16Cl2N4O2S. The molecule has 9 heteroatoms. The van der Waals surface area contributed by atoms with Crippen LogP contribution in [0.5, 0.6) is 0 Å². The fourth-order valence-corrected chi connectivity index (χ4v) is 3.17. The lowest BCUT2D eigenvalue weighted by Gasteiger charge is -2.21. The summed E-state index contributed by atoms with van der Waals surface area (Å²) in [6, 6.07) is 0. The normalized spacial score (nSPS) is 11.8. The van der Waals surface area contributed by atoms with E-state index >= 15 is 0 Å². The first-order valence-electron chi connectivity index (χ1n) is 5.86. The minimum absolute atomic E-state index is 0.00639. The van der Waals surface area contributed by atoms with Gasteiger partial charge in [0.25, 0.3) is 0 Å². The highest BCUT2D eigenvalue weighted by molar-refractivity contribution is 7.90. The Morgan fingerprint density at radius 2 is 1.79 bits per heavy atom. The molecule has 0 bridgehead atoms. The van der Waals surface area contributed by atoms with Gasteiger partial charge >= 0.3 is 10.2 Å². The van der Waals surface area contributed by atoms with Crippen LogP contribution in [-0.2, 0) is 10.2 Å². The lowest BCUT2D eigenvalue weighted by atomic mass is 10.4. The van der Waals surface area contributed by atoms with E-state index < -0.39 is 10.2 Å². The summed E-state index contributed by atoms with van der Waals surface area (Å²) >= 11 is 11.6. The minimum atomic E-state index is -3.69. The van der Waals surface area contributed by atoms with E-state index in [1.807, 2.05) is 13.8 Å². The second-order valence-electron chi connectivity index (χ2n) is 3.83. The van der Waals surface area contributed by atoms with Crippen LogP contribution in [0.15, 0.2) is 6.33 Å². The zero-order valence-corrected chi connectivity index (χ0v) is 13.1. The Morgan fingerprint density at radius 3 is 2.32 bits per heavy atom. The molecule has 0 fully saturated rings. The van der Waals surface area contributed by atoms with Crippen molar-refractivity contribution in [1.29, 1.82) is 0 Å². The van der Waals surface area contributed by atoms with Gasteiger partial charge in [-0.05, 0) is 12.8 Å². The highest BCUT2D eigenvalue weighted by atomic mass is 35.5. The first kappa shape index (κ1) is 16.4. The third-order valence-electron chi connectivity index (χ3n) is 2.26. The van der Waals surface area contributed by atoms with Crippen molar-refractivity contribution < 1.29 is 8.42 Å². The molecule has 0 amide bonds. The van der Waals surface area contributed by atoms with Gasteiger partial charge in [-0.3, -0.25) is 4.72 Å². The number of aromatic nitrogens is 2. The van der Waals surface area contributed by atoms with Gasteiger partial charge in [-0.2, -0.15) is 12.7 Å². The number of halogens is 2. The molecule has 1 rings (SSSR count). The van der Waals surface area contributed by atoms with Gasteiger partial charge in [-0.1, -0.05) is 37.0 Å². The summed E-state index contributed by atoms with van der Waals surface area (Å²) in [4.78, 5) is 7.44. The quantitative estimate of drug-likeness (QED) is 0.781. The molecule has 0 spiro atoms. The third kappa shape index (κ3) is 4.45. The zero-order valence-electron chi connectivity index (χ0n) is 10.7. The molecule has 1 heterocycles. The maximum Gasteiger partial charge on any atom is 0.302 e. The number of hydrogen-bond donors (Lipinski definition) is 1. The molecule has 108 valence electrons. The number of hydrogen-bond acceptors (Lipinski definition) is 4. The van der Waals surface area contributed by atoms with E-state index in [1.54, 1.807) is 0 Å². The van der Waals surface area contributed by atoms with E-state index in [1.165, 1.54) is 4.31 Å². The van der Waals surface area contributed by atoms with Crippen LogP contribution in [0.4, 0.5) is 5.82 Å². The molecule has 0 aliphatic rings. The van der Waals surface area contributed by atoms with Crippen LogP contribution >= 0.6 is 23.2 Å². The summed E-state index contributed by atoms with van der Waals surface area (Å²) in [5.41, 5.74) is 0. The van der Waals surface area contributed by atoms with E-state index in [4.69, 9.17) is 23.2 Å². The van der Waals surface area contributed by atoms with E-state index in [-0.39, 0.29) is 16.0 Å². The van der Waals surface area contributed by atoms with Crippen LogP contribution in [0.2, 0.25) is 10.2 Å². The Kier molecular flexibility index (Phi) is 6.25. The van der Waals surface area contributed by atoms with Crippen molar-refractivity contribution in [2.45, 2.75) is 26.7 Å². The van der Waals surface area contributed by atoms with E-state index in [0.717, 1.165) is 19.2 Å². The monoisotopic (exact) mass is 326 g/mol. The lowest BCUT2D eigenvalue weighted by Crippen LogP contribution is -2.37. The van der Waals surface area contributed by atoms with Gasteiger partial charge < -0.3 is 0 Å². The van der Waals surface area contributed by atoms with Crippen LogP contribution in [0.3, 0.4) is 0 Å². The zero-order chi connectivity index (χ0) is 14.5. The van der Waals surface area contributed by atoms with Gasteiger partial charge in [0.05, 0.1) is 0 Å². The van der Waals surface area contributed by atoms with Crippen molar-refractivity contribution >= 4 is 39.2 Å². The van der Waals surface area contributed by atoms with Gasteiger partial charge in [0.15, 0.2) is 11.0 Å². The number of anilines is 1. The Hall–Kier alpha value is -0.630. The predicted octanol–water partition coefficient (Wildman–Crippen LogP) is 2.56.